The van der Waals surface area contributed by atoms with Gasteiger partial charge in [0.15, 0.2) is 9.84 Å². The van der Waals surface area contributed by atoms with Gasteiger partial charge >= 0.3 is 0 Å². The number of phenols is 2. The van der Waals surface area contributed by atoms with E-state index in [4.69, 9.17) is 15.4 Å². The maximum Gasteiger partial charge on any atom is 0.261 e. The average Bonchev–Trinajstić information content (AvgIpc) is 3.05. The molecule has 6 rings (SSSR count). The number of halogens is 2. The quantitative estimate of drug-likeness (QED) is 0.172. The molecule has 0 radical (unpaired) electrons. The molecule has 0 amide bonds. The van der Waals surface area contributed by atoms with Crippen LogP contribution in [-0.4, -0.2) is 34.2 Å². The summed E-state index contributed by atoms with van der Waals surface area (Å²) in [5, 5.41) is 22.8. The fraction of sp³-hybridized carbons (Fsp3) is 0.111. The summed E-state index contributed by atoms with van der Waals surface area (Å²) in [6, 6.07) is 34.6. The van der Waals surface area contributed by atoms with E-state index in [1.165, 1.54) is 43.0 Å². The highest BCUT2D eigenvalue weighted by Crippen LogP contribution is 2.30. The zero-order chi connectivity index (χ0) is 33.5. The van der Waals surface area contributed by atoms with Gasteiger partial charge in [-0.2, -0.15) is 0 Å². The summed E-state index contributed by atoms with van der Waals surface area (Å²) in [5.74, 6) is 0.988. The second-order valence-electron chi connectivity index (χ2n) is 10.4. The second kappa shape index (κ2) is 16.0. The number of benzene rings is 6. The Morgan fingerprint density at radius 2 is 1.06 bits per heavy atom. The number of phenolic OH excluding ortho intramolecular Hbond substituents is 2. The molecule has 0 aromatic heterocycles. The molecule has 246 valence electrons. The van der Waals surface area contributed by atoms with E-state index >= 15 is 0 Å². The Morgan fingerprint density at radius 3 is 1.57 bits per heavy atom. The molecule has 0 aliphatic rings. The van der Waals surface area contributed by atoms with Gasteiger partial charge in [-0.25, -0.2) is 16.8 Å². The third kappa shape index (κ3) is 9.62. The van der Waals surface area contributed by atoms with Crippen LogP contribution in [0.3, 0.4) is 0 Å². The van der Waals surface area contributed by atoms with Crippen molar-refractivity contribution in [3.8, 4) is 17.2 Å². The molecule has 6 aromatic carbocycles. The Bertz CT molecular complexity index is 2140. The molecule has 0 spiro atoms. The van der Waals surface area contributed by atoms with Gasteiger partial charge in [-0.3, -0.25) is 0 Å². The maximum absolute atomic E-state index is 12.6. The minimum Gasteiger partial charge on any atom is -0.507 e. The zero-order valence-electron chi connectivity index (χ0n) is 25.8. The number of hydrogen-bond acceptors (Lipinski definition) is 7. The van der Waals surface area contributed by atoms with Crippen molar-refractivity contribution in [2.75, 3.05) is 7.11 Å². The fourth-order valence-electron chi connectivity index (χ4n) is 4.68. The summed E-state index contributed by atoms with van der Waals surface area (Å²) >= 11 is 0. The molecule has 11 heteroatoms. The number of methoxy groups -OCH3 is 1. The summed E-state index contributed by atoms with van der Waals surface area (Å²) in [5.41, 5.74) is 2.87. The van der Waals surface area contributed by atoms with E-state index in [1.54, 1.807) is 42.5 Å². The number of ether oxygens (including phenoxy) is 1. The number of aryl methyl sites for hydroxylation is 2. The normalized spacial score (nSPS) is 11.0. The van der Waals surface area contributed by atoms with E-state index in [0.29, 0.717) is 22.4 Å². The molecule has 0 saturated carbocycles. The minimum atomic E-state index is -3.55. The molecular formula is C36H34Cl2O7S2. The first kappa shape index (κ1) is 37.2. The number of hydrogen-bond donors (Lipinski definition) is 2. The predicted octanol–water partition coefficient (Wildman–Crippen LogP) is 8.73. The summed E-state index contributed by atoms with van der Waals surface area (Å²) in [7, 11) is -0.410. The Kier molecular flexibility index (Phi) is 12.7. The van der Waals surface area contributed by atoms with Crippen molar-refractivity contribution in [3.63, 3.8) is 0 Å². The maximum atomic E-state index is 12.6. The van der Waals surface area contributed by atoms with Gasteiger partial charge in [0.25, 0.3) is 9.05 Å². The van der Waals surface area contributed by atoms with Crippen LogP contribution in [0, 0.1) is 13.8 Å². The Labute approximate surface area is 285 Å². The first-order chi connectivity index (χ1) is 21.8. The van der Waals surface area contributed by atoms with Crippen LogP contribution >= 0.6 is 23.1 Å². The first-order valence-corrected chi connectivity index (χ1v) is 18.0. The summed E-state index contributed by atoms with van der Waals surface area (Å²) in [6.45, 7) is 3.92. The molecule has 0 saturated heterocycles. The van der Waals surface area contributed by atoms with Crippen molar-refractivity contribution < 1.29 is 31.8 Å². The molecule has 47 heavy (non-hydrogen) atoms. The van der Waals surface area contributed by atoms with Gasteiger partial charge < -0.3 is 14.9 Å². The van der Waals surface area contributed by atoms with E-state index in [2.05, 4.69) is 0 Å². The summed E-state index contributed by atoms with van der Waals surface area (Å²) < 4.78 is 51.7. The standard InChI is InChI=1S/C18H16O4S.C11H10O.C7H7ClO2S.ClH/c1-22-14-7-9-15(10-8-14)23(20,21)12-13-6-11-18(19)17-5-3-2-4-16(13)17;1-8-6-7-11(12)10-5-3-2-4-9(8)10;1-6-2-4-7(5-3-6)11(8,9)10;/h2-11,19H,12H2,1H3;2-7,12H,1H3;2-5H,1H3;1H. The van der Waals surface area contributed by atoms with Crippen LogP contribution in [0.15, 0.2) is 131 Å². The number of fused-ring (bicyclic) bond motifs is 2. The molecule has 0 unspecified atom stereocenters. The summed E-state index contributed by atoms with van der Waals surface area (Å²) in [6.07, 6.45) is 0. The molecule has 2 N–H and O–H groups in total. The molecule has 0 heterocycles. The van der Waals surface area contributed by atoms with E-state index < -0.39 is 18.9 Å². The Balaban J connectivity index is 0.000000211. The molecule has 0 atom stereocenters. The van der Waals surface area contributed by atoms with Gasteiger partial charge in [-0.1, -0.05) is 78.4 Å². The largest absolute Gasteiger partial charge is 0.507 e. The number of rotatable bonds is 5. The summed E-state index contributed by atoms with van der Waals surface area (Å²) in [4.78, 5) is 0.389. The van der Waals surface area contributed by atoms with E-state index in [1.807, 2.05) is 62.4 Å². The first-order valence-electron chi connectivity index (χ1n) is 14.0. The van der Waals surface area contributed by atoms with Crippen LogP contribution in [0.25, 0.3) is 21.5 Å². The molecular weight excluding hydrogens is 679 g/mol. The third-order valence-corrected chi connectivity index (χ3v) is 10.2. The highest BCUT2D eigenvalue weighted by Gasteiger charge is 2.18. The van der Waals surface area contributed by atoms with Gasteiger partial charge in [-0.15, -0.1) is 12.4 Å². The number of sulfone groups is 1. The smallest absolute Gasteiger partial charge is 0.261 e. The van der Waals surface area contributed by atoms with Crippen molar-refractivity contribution >= 4 is 63.5 Å². The van der Waals surface area contributed by atoms with Crippen molar-refractivity contribution in [1.82, 2.24) is 0 Å². The second-order valence-corrected chi connectivity index (χ2v) is 15.0. The van der Waals surface area contributed by atoms with E-state index in [0.717, 1.165) is 21.7 Å². The number of aromatic hydroxyl groups is 2. The Morgan fingerprint density at radius 1 is 0.596 bits per heavy atom. The van der Waals surface area contributed by atoms with Crippen LogP contribution in [-0.2, 0) is 24.6 Å². The van der Waals surface area contributed by atoms with Crippen LogP contribution < -0.4 is 4.74 Å². The van der Waals surface area contributed by atoms with Gasteiger partial charge in [0.05, 0.1) is 22.7 Å². The molecule has 7 nitrogen and oxygen atoms in total. The molecule has 6 aromatic rings. The van der Waals surface area contributed by atoms with Crippen LogP contribution in [0.5, 0.6) is 17.2 Å². The Hall–Kier alpha value is -4.28. The van der Waals surface area contributed by atoms with Gasteiger partial charge in [0, 0.05) is 21.5 Å². The van der Waals surface area contributed by atoms with Crippen LogP contribution in [0.2, 0.25) is 0 Å². The monoisotopic (exact) mass is 712 g/mol. The van der Waals surface area contributed by atoms with Crippen molar-refractivity contribution in [2.24, 2.45) is 0 Å². The van der Waals surface area contributed by atoms with Crippen LogP contribution in [0.4, 0.5) is 0 Å². The van der Waals surface area contributed by atoms with E-state index in [-0.39, 0.29) is 33.7 Å². The van der Waals surface area contributed by atoms with E-state index in [9.17, 15) is 27.0 Å². The SMILES string of the molecule is COc1ccc(S(=O)(=O)Cc2ccc(O)c3ccccc23)cc1.Cc1ccc(O)c2ccccc12.Cc1ccc(S(=O)(=O)Cl)cc1.Cl. The lowest BCUT2D eigenvalue weighted by Gasteiger charge is -2.10. The molecule has 0 aliphatic carbocycles. The fourth-order valence-corrected chi connectivity index (χ4v) is 6.83. The molecule has 0 bridgehead atoms. The predicted molar refractivity (Wildman–Crippen MR) is 191 cm³/mol. The zero-order valence-corrected chi connectivity index (χ0v) is 29.0. The van der Waals surface area contributed by atoms with Crippen LogP contribution in [0.1, 0.15) is 16.7 Å². The minimum absolute atomic E-state index is 0. The van der Waals surface area contributed by atoms with Gasteiger partial charge in [0.1, 0.15) is 17.2 Å². The molecule has 0 fully saturated rings. The van der Waals surface area contributed by atoms with Gasteiger partial charge in [0.2, 0.25) is 0 Å². The van der Waals surface area contributed by atoms with Gasteiger partial charge in [-0.05, 0) is 84.3 Å². The topological polar surface area (TPSA) is 118 Å². The average molecular weight is 714 g/mol. The lowest BCUT2D eigenvalue weighted by Crippen LogP contribution is -2.05. The van der Waals surface area contributed by atoms with Crippen molar-refractivity contribution in [3.05, 3.63) is 138 Å². The third-order valence-electron chi connectivity index (χ3n) is 7.18. The highest BCUT2D eigenvalue weighted by atomic mass is 35.7. The van der Waals surface area contributed by atoms with Crippen molar-refractivity contribution in [2.45, 2.75) is 29.4 Å². The highest BCUT2D eigenvalue weighted by molar-refractivity contribution is 8.13. The lowest BCUT2D eigenvalue weighted by atomic mass is 10.1. The molecule has 0 aliphatic heterocycles. The van der Waals surface area contributed by atoms with Crippen molar-refractivity contribution in [1.29, 1.82) is 0 Å². The lowest BCUT2D eigenvalue weighted by molar-refractivity contribution is 0.414.